The van der Waals surface area contributed by atoms with Crippen molar-refractivity contribution in [2.45, 2.75) is 26.3 Å². The number of hydrogen-bond acceptors (Lipinski definition) is 4. The first kappa shape index (κ1) is 10.4. The first-order valence-corrected chi connectivity index (χ1v) is 5.35. The van der Waals surface area contributed by atoms with Gasteiger partial charge in [0.2, 0.25) is 0 Å². The molecule has 4 nitrogen and oxygen atoms in total. The van der Waals surface area contributed by atoms with E-state index in [2.05, 4.69) is 34.0 Å². The number of piperazine rings is 1. The molecule has 1 aliphatic heterocycles. The lowest BCUT2D eigenvalue weighted by atomic mass is 10.0. The predicted octanol–water partition coefficient (Wildman–Crippen LogP) is 0.973. The van der Waals surface area contributed by atoms with Gasteiger partial charge in [-0.3, -0.25) is 4.98 Å². The van der Waals surface area contributed by atoms with Crippen molar-refractivity contribution in [3.05, 3.63) is 18.1 Å². The van der Waals surface area contributed by atoms with E-state index in [1.807, 2.05) is 19.3 Å². The normalized spacial score (nSPS) is 20.3. The predicted molar refractivity (Wildman–Crippen MR) is 61.1 cm³/mol. The zero-order valence-electron chi connectivity index (χ0n) is 9.62. The Labute approximate surface area is 90.7 Å². The molecule has 4 heteroatoms. The molecule has 2 heterocycles. The molecule has 1 N–H and O–H groups in total. The maximum absolute atomic E-state index is 4.40. The molecule has 82 valence electrons. The molecule has 1 aromatic heterocycles. The molecule has 1 saturated heterocycles. The summed E-state index contributed by atoms with van der Waals surface area (Å²) in [4.78, 5) is 11.0. The smallest absolute Gasteiger partial charge is 0.147 e. The Kier molecular flexibility index (Phi) is 2.61. The van der Waals surface area contributed by atoms with Gasteiger partial charge in [-0.05, 0) is 20.8 Å². The van der Waals surface area contributed by atoms with E-state index in [0.29, 0.717) is 0 Å². The molecule has 0 aliphatic carbocycles. The summed E-state index contributed by atoms with van der Waals surface area (Å²) < 4.78 is 0. The molecule has 0 spiro atoms. The molecule has 0 saturated carbocycles. The Morgan fingerprint density at radius 3 is 2.73 bits per heavy atom. The maximum Gasteiger partial charge on any atom is 0.147 e. The van der Waals surface area contributed by atoms with Crippen LogP contribution in [0.3, 0.4) is 0 Å². The highest BCUT2D eigenvalue weighted by Gasteiger charge is 2.26. The van der Waals surface area contributed by atoms with E-state index >= 15 is 0 Å². The van der Waals surface area contributed by atoms with Crippen LogP contribution in [-0.2, 0) is 0 Å². The number of rotatable bonds is 1. The quantitative estimate of drug-likeness (QED) is 0.743. The topological polar surface area (TPSA) is 41.1 Å². The van der Waals surface area contributed by atoms with E-state index in [1.54, 1.807) is 0 Å². The van der Waals surface area contributed by atoms with E-state index in [0.717, 1.165) is 31.1 Å². The Morgan fingerprint density at radius 1 is 1.33 bits per heavy atom. The minimum atomic E-state index is 0.158. The molecule has 2 rings (SSSR count). The van der Waals surface area contributed by atoms with Crippen LogP contribution in [0.15, 0.2) is 12.4 Å². The van der Waals surface area contributed by atoms with Crippen LogP contribution in [0.25, 0.3) is 0 Å². The third-order valence-corrected chi connectivity index (χ3v) is 2.66. The Bertz CT molecular complexity index is 331. The van der Waals surface area contributed by atoms with Gasteiger partial charge >= 0.3 is 0 Å². The van der Waals surface area contributed by atoms with Gasteiger partial charge in [-0.15, -0.1) is 0 Å². The maximum atomic E-state index is 4.40. The number of nitrogens with one attached hydrogen (secondary N) is 1. The summed E-state index contributed by atoms with van der Waals surface area (Å²) in [7, 11) is 0. The second kappa shape index (κ2) is 3.77. The molecule has 1 aromatic rings. The van der Waals surface area contributed by atoms with Gasteiger partial charge in [0.15, 0.2) is 0 Å². The molecule has 0 aromatic carbocycles. The number of anilines is 1. The van der Waals surface area contributed by atoms with Crippen LogP contribution in [0.1, 0.15) is 19.5 Å². The minimum Gasteiger partial charge on any atom is -0.352 e. The molecule has 0 unspecified atom stereocenters. The van der Waals surface area contributed by atoms with Gasteiger partial charge < -0.3 is 10.2 Å². The summed E-state index contributed by atoms with van der Waals surface area (Å²) >= 11 is 0. The van der Waals surface area contributed by atoms with Crippen molar-refractivity contribution in [1.29, 1.82) is 0 Å². The fourth-order valence-electron chi connectivity index (χ4n) is 1.89. The summed E-state index contributed by atoms with van der Waals surface area (Å²) in [5.41, 5.74) is 1.12. The monoisotopic (exact) mass is 206 g/mol. The molecule has 1 fully saturated rings. The third-order valence-electron chi connectivity index (χ3n) is 2.66. The van der Waals surface area contributed by atoms with Crippen molar-refractivity contribution in [2.24, 2.45) is 0 Å². The molecule has 0 amide bonds. The SMILES string of the molecule is Cc1cnc(N2CCNC(C)(C)C2)cn1. The summed E-state index contributed by atoms with van der Waals surface area (Å²) in [6.45, 7) is 9.36. The molecule has 1 aliphatic rings. The van der Waals surface area contributed by atoms with Crippen LogP contribution in [-0.4, -0.2) is 35.1 Å². The third kappa shape index (κ3) is 2.45. The molecule has 15 heavy (non-hydrogen) atoms. The van der Waals surface area contributed by atoms with Crippen molar-refractivity contribution in [1.82, 2.24) is 15.3 Å². The van der Waals surface area contributed by atoms with Gasteiger partial charge in [0.25, 0.3) is 0 Å². The highest BCUT2D eigenvalue weighted by Crippen LogP contribution is 2.16. The molecule has 0 radical (unpaired) electrons. The van der Waals surface area contributed by atoms with Crippen LogP contribution in [0, 0.1) is 6.92 Å². The fraction of sp³-hybridized carbons (Fsp3) is 0.636. The van der Waals surface area contributed by atoms with Crippen molar-refractivity contribution in [3.63, 3.8) is 0 Å². The molecule has 0 atom stereocenters. The first-order chi connectivity index (χ1) is 7.07. The summed E-state index contributed by atoms with van der Waals surface area (Å²) in [5, 5.41) is 3.48. The van der Waals surface area contributed by atoms with E-state index in [1.165, 1.54) is 0 Å². The van der Waals surface area contributed by atoms with Crippen LogP contribution >= 0.6 is 0 Å². The minimum absolute atomic E-state index is 0.158. The molecular weight excluding hydrogens is 188 g/mol. The Hall–Kier alpha value is -1.16. The molecular formula is C11H18N4. The van der Waals surface area contributed by atoms with Gasteiger partial charge in [-0.2, -0.15) is 0 Å². The zero-order valence-corrected chi connectivity index (χ0v) is 9.62. The van der Waals surface area contributed by atoms with Crippen LogP contribution < -0.4 is 10.2 Å². The average molecular weight is 206 g/mol. The Balaban J connectivity index is 2.13. The van der Waals surface area contributed by atoms with E-state index in [-0.39, 0.29) is 5.54 Å². The lowest BCUT2D eigenvalue weighted by Gasteiger charge is -2.39. The second-order valence-electron chi connectivity index (χ2n) is 4.75. The second-order valence-corrected chi connectivity index (χ2v) is 4.75. The van der Waals surface area contributed by atoms with Crippen molar-refractivity contribution >= 4 is 5.82 Å². The lowest BCUT2D eigenvalue weighted by molar-refractivity contribution is 0.351. The molecule has 0 bridgehead atoms. The van der Waals surface area contributed by atoms with Crippen molar-refractivity contribution in [3.8, 4) is 0 Å². The van der Waals surface area contributed by atoms with Crippen molar-refractivity contribution < 1.29 is 0 Å². The zero-order chi connectivity index (χ0) is 10.9. The largest absolute Gasteiger partial charge is 0.352 e. The highest BCUT2D eigenvalue weighted by molar-refractivity contribution is 5.37. The lowest BCUT2D eigenvalue weighted by Crippen LogP contribution is -2.57. The standard InChI is InChI=1S/C11H18N4/c1-9-6-13-10(7-12-9)15-5-4-14-11(2,3)8-15/h6-7,14H,4-5,8H2,1-3H3. The summed E-state index contributed by atoms with van der Waals surface area (Å²) in [5.74, 6) is 0.982. The summed E-state index contributed by atoms with van der Waals surface area (Å²) in [6.07, 6.45) is 3.68. The van der Waals surface area contributed by atoms with Crippen LogP contribution in [0.5, 0.6) is 0 Å². The van der Waals surface area contributed by atoms with E-state index < -0.39 is 0 Å². The number of nitrogens with zero attached hydrogens (tertiary/aromatic N) is 3. The van der Waals surface area contributed by atoms with Gasteiger partial charge in [0, 0.05) is 25.2 Å². The van der Waals surface area contributed by atoms with Crippen LogP contribution in [0.4, 0.5) is 5.82 Å². The first-order valence-electron chi connectivity index (χ1n) is 5.35. The average Bonchev–Trinajstić information content (AvgIpc) is 2.17. The van der Waals surface area contributed by atoms with Gasteiger partial charge in [-0.1, -0.05) is 0 Å². The summed E-state index contributed by atoms with van der Waals surface area (Å²) in [6, 6.07) is 0. The number of aryl methyl sites for hydroxylation is 1. The number of hydrogen-bond donors (Lipinski definition) is 1. The van der Waals surface area contributed by atoms with Gasteiger partial charge in [0.05, 0.1) is 18.1 Å². The van der Waals surface area contributed by atoms with Crippen LogP contribution in [0.2, 0.25) is 0 Å². The highest BCUT2D eigenvalue weighted by atomic mass is 15.3. The van der Waals surface area contributed by atoms with Gasteiger partial charge in [-0.25, -0.2) is 4.98 Å². The Morgan fingerprint density at radius 2 is 2.13 bits per heavy atom. The number of aromatic nitrogens is 2. The van der Waals surface area contributed by atoms with E-state index in [4.69, 9.17) is 0 Å². The van der Waals surface area contributed by atoms with E-state index in [9.17, 15) is 0 Å². The van der Waals surface area contributed by atoms with Gasteiger partial charge in [0.1, 0.15) is 5.82 Å². The fourth-order valence-corrected chi connectivity index (χ4v) is 1.89. The van der Waals surface area contributed by atoms with Crippen molar-refractivity contribution in [2.75, 3.05) is 24.5 Å².